The first-order chi connectivity index (χ1) is 11.2. The number of nitrogens with zero attached hydrogens (tertiary/aromatic N) is 1. The van der Waals surface area contributed by atoms with Crippen molar-refractivity contribution >= 4 is 11.8 Å². The van der Waals surface area contributed by atoms with Crippen LogP contribution in [0.4, 0.5) is 0 Å². The lowest BCUT2D eigenvalue weighted by atomic mass is 9.84. The minimum absolute atomic E-state index is 0.0103. The summed E-state index contributed by atoms with van der Waals surface area (Å²) in [5.74, 6) is 0.490. The van der Waals surface area contributed by atoms with Crippen LogP contribution in [0.2, 0.25) is 0 Å². The van der Waals surface area contributed by atoms with Gasteiger partial charge >= 0.3 is 0 Å². The molecule has 2 heterocycles. The minimum atomic E-state index is -0.307. The van der Waals surface area contributed by atoms with E-state index in [1.165, 1.54) is 0 Å². The Labute approximate surface area is 135 Å². The maximum Gasteiger partial charge on any atom is 0.225 e. The summed E-state index contributed by atoms with van der Waals surface area (Å²) in [6, 6.07) is 3.66. The first-order valence-corrected chi connectivity index (χ1v) is 8.38. The predicted molar refractivity (Wildman–Crippen MR) is 83.2 cm³/mol. The fourth-order valence-corrected chi connectivity index (χ4v) is 3.61. The van der Waals surface area contributed by atoms with Gasteiger partial charge in [0.1, 0.15) is 5.76 Å². The van der Waals surface area contributed by atoms with Crippen molar-refractivity contribution in [2.75, 3.05) is 13.2 Å². The van der Waals surface area contributed by atoms with Gasteiger partial charge in [-0.05, 0) is 25.0 Å². The number of nitrogens with one attached hydrogen (secondary N) is 1. The molecule has 6 nitrogen and oxygen atoms in total. The number of carbonyl (C=O) groups is 2. The molecule has 2 amide bonds. The van der Waals surface area contributed by atoms with Gasteiger partial charge in [0.05, 0.1) is 18.7 Å². The highest BCUT2D eigenvalue weighted by atomic mass is 16.3. The van der Waals surface area contributed by atoms with Gasteiger partial charge in [0.25, 0.3) is 0 Å². The highest BCUT2D eigenvalue weighted by Crippen LogP contribution is 2.26. The molecule has 126 valence electrons. The smallest absolute Gasteiger partial charge is 0.225 e. The molecule has 1 aliphatic carbocycles. The van der Waals surface area contributed by atoms with Crippen LogP contribution < -0.4 is 5.32 Å². The monoisotopic (exact) mass is 320 g/mol. The van der Waals surface area contributed by atoms with E-state index in [1.54, 1.807) is 17.2 Å². The molecule has 1 aliphatic heterocycles. The summed E-state index contributed by atoms with van der Waals surface area (Å²) in [6.07, 6.45) is 5.89. The molecule has 3 atom stereocenters. The fraction of sp³-hybridized carbons (Fsp3) is 0.647. The minimum Gasteiger partial charge on any atom is -0.467 e. The molecule has 6 heteroatoms. The second-order valence-electron chi connectivity index (χ2n) is 6.60. The van der Waals surface area contributed by atoms with Gasteiger partial charge in [-0.2, -0.15) is 0 Å². The Balaban J connectivity index is 1.55. The number of likely N-dealkylation sites (tertiary alicyclic amines) is 1. The number of hydrogen-bond acceptors (Lipinski definition) is 4. The highest BCUT2D eigenvalue weighted by molar-refractivity contribution is 5.89. The molecule has 3 rings (SSSR count). The van der Waals surface area contributed by atoms with E-state index >= 15 is 0 Å². The first kappa shape index (κ1) is 16.1. The van der Waals surface area contributed by atoms with Gasteiger partial charge in [0.15, 0.2) is 0 Å². The maximum absolute atomic E-state index is 12.5. The standard InChI is InChI=1S/C17H24N2O4/c20-11-12-4-1-2-6-15(12)18-17(22)13-8-16(21)19(9-13)10-14-5-3-7-23-14/h3,5,7,12-13,15,20H,1-2,4,6,8-11H2,(H,18,22). The summed E-state index contributed by atoms with van der Waals surface area (Å²) in [5.41, 5.74) is 0. The van der Waals surface area contributed by atoms with Crippen LogP contribution in [0.3, 0.4) is 0 Å². The second kappa shape index (κ2) is 7.17. The van der Waals surface area contributed by atoms with Gasteiger partial charge in [0.2, 0.25) is 11.8 Å². The summed E-state index contributed by atoms with van der Waals surface area (Å²) in [7, 11) is 0. The van der Waals surface area contributed by atoms with Crippen LogP contribution >= 0.6 is 0 Å². The van der Waals surface area contributed by atoms with Gasteiger partial charge in [-0.3, -0.25) is 9.59 Å². The molecule has 3 unspecified atom stereocenters. The zero-order valence-corrected chi connectivity index (χ0v) is 13.2. The molecular weight excluding hydrogens is 296 g/mol. The Morgan fingerprint density at radius 3 is 2.96 bits per heavy atom. The van der Waals surface area contributed by atoms with Crippen LogP contribution in [-0.4, -0.2) is 41.0 Å². The molecule has 2 aliphatic rings. The average Bonchev–Trinajstić information content (AvgIpc) is 3.19. The third-order valence-electron chi connectivity index (χ3n) is 4.98. The Morgan fingerprint density at radius 2 is 2.22 bits per heavy atom. The van der Waals surface area contributed by atoms with E-state index in [2.05, 4.69) is 5.32 Å². The second-order valence-corrected chi connectivity index (χ2v) is 6.60. The molecule has 2 N–H and O–H groups in total. The average molecular weight is 320 g/mol. The highest BCUT2D eigenvalue weighted by Gasteiger charge is 2.36. The van der Waals surface area contributed by atoms with Crippen molar-refractivity contribution in [3.05, 3.63) is 24.2 Å². The molecule has 0 bridgehead atoms. The quantitative estimate of drug-likeness (QED) is 0.856. The van der Waals surface area contributed by atoms with Crippen molar-refractivity contribution in [3.8, 4) is 0 Å². The van der Waals surface area contributed by atoms with Crippen LogP contribution in [0.15, 0.2) is 22.8 Å². The van der Waals surface area contributed by atoms with E-state index < -0.39 is 0 Å². The summed E-state index contributed by atoms with van der Waals surface area (Å²) in [4.78, 5) is 26.2. The first-order valence-electron chi connectivity index (χ1n) is 8.38. The Kier molecular flexibility index (Phi) is 5.00. The molecule has 0 aromatic carbocycles. The molecule has 0 spiro atoms. The summed E-state index contributed by atoms with van der Waals surface area (Å²) in [6.45, 7) is 0.958. The summed E-state index contributed by atoms with van der Waals surface area (Å²) >= 11 is 0. The van der Waals surface area contributed by atoms with Gasteiger partial charge < -0.3 is 19.7 Å². The van der Waals surface area contributed by atoms with E-state index in [-0.39, 0.29) is 42.7 Å². The van der Waals surface area contributed by atoms with Crippen LogP contribution in [0.1, 0.15) is 37.9 Å². The number of furan rings is 1. The van der Waals surface area contributed by atoms with E-state index in [1.807, 2.05) is 6.07 Å². The number of rotatable bonds is 5. The zero-order chi connectivity index (χ0) is 16.2. The molecule has 1 saturated carbocycles. The number of hydrogen-bond donors (Lipinski definition) is 2. The van der Waals surface area contributed by atoms with Crippen LogP contribution in [-0.2, 0) is 16.1 Å². The molecule has 0 radical (unpaired) electrons. The van der Waals surface area contributed by atoms with E-state index in [0.717, 1.165) is 31.4 Å². The van der Waals surface area contributed by atoms with Crippen molar-refractivity contribution < 1.29 is 19.1 Å². The Morgan fingerprint density at radius 1 is 1.39 bits per heavy atom. The van der Waals surface area contributed by atoms with Crippen molar-refractivity contribution in [2.45, 2.75) is 44.7 Å². The van der Waals surface area contributed by atoms with E-state index in [0.29, 0.717) is 13.1 Å². The molecule has 1 aromatic heterocycles. The lowest BCUT2D eigenvalue weighted by Crippen LogP contribution is -2.46. The van der Waals surface area contributed by atoms with Crippen molar-refractivity contribution in [2.24, 2.45) is 11.8 Å². The van der Waals surface area contributed by atoms with Crippen molar-refractivity contribution in [3.63, 3.8) is 0 Å². The molecule has 1 aromatic rings. The third kappa shape index (κ3) is 3.75. The van der Waals surface area contributed by atoms with Crippen LogP contribution in [0, 0.1) is 11.8 Å². The molecule has 2 fully saturated rings. The summed E-state index contributed by atoms with van der Waals surface area (Å²) < 4.78 is 5.27. The third-order valence-corrected chi connectivity index (χ3v) is 4.98. The number of aliphatic hydroxyl groups excluding tert-OH is 1. The zero-order valence-electron chi connectivity index (χ0n) is 13.2. The Bertz CT molecular complexity index is 543. The number of amides is 2. The Hall–Kier alpha value is -1.82. The number of aliphatic hydroxyl groups is 1. The van der Waals surface area contributed by atoms with Gasteiger partial charge in [0, 0.05) is 31.5 Å². The van der Waals surface area contributed by atoms with Gasteiger partial charge in [-0.1, -0.05) is 12.8 Å². The predicted octanol–water partition coefficient (Wildman–Crippen LogP) is 1.30. The molecular formula is C17H24N2O4. The van der Waals surface area contributed by atoms with Crippen molar-refractivity contribution in [1.82, 2.24) is 10.2 Å². The lowest BCUT2D eigenvalue weighted by molar-refractivity contribution is -0.129. The van der Waals surface area contributed by atoms with Gasteiger partial charge in [-0.15, -0.1) is 0 Å². The summed E-state index contributed by atoms with van der Waals surface area (Å²) in [5, 5.41) is 12.5. The number of carbonyl (C=O) groups excluding carboxylic acids is 2. The SMILES string of the molecule is O=C(NC1CCCCC1CO)C1CC(=O)N(Cc2ccco2)C1. The van der Waals surface area contributed by atoms with Crippen LogP contribution in [0.25, 0.3) is 0 Å². The largest absolute Gasteiger partial charge is 0.467 e. The topological polar surface area (TPSA) is 82.8 Å². The van der Waals surface area contributed by atoms with Gasteiger partial charge in [-0.25, -0.2) is 0 Å². The van der Waals surface area contributed by atoms with E-state index in [9.17, 15) is 14.7 Å². The normalized spacial score (nSPS) is 28.1. The fourth-order valence-electron chi connectivity index (χ4n) is 3.61. The van der Waals surface area contributed by atoms with Crippen molar-refractivity contribution in [1.29, 1.82) is 0 Å². The molecule has 1 saturated heterocycles. The van der Waals surface area contributed by atoms with E-state index in [4.69, 9.17) is 4.42 Å². The molecule has 23 heavy (non-hydrogen) atoms. The lowest BCUT2D eigenvalue weighted by Gasteiger charge is -2.31. The maximum atomic E-state index is 12.5. The van der Waals surface area contributed by atoms with Crippen LogP contribution in [0.5, 0.6) is 0 Å².